The second-order valence-electron chi connectivity index (χ2n) is 6.47. The van der Waals surface area contributed by atoms with Crippen LogP contribution < -0.4 is 0 Å². The number of aliphatic hydroxyl groups is 1. The normalized spacial score (nSPS) is 27.5. The van der Waals surface area contributed by atoms with E-state index < -0.39 is 5.60 Å². The van der Waals surface area contributed by atoms with Gasteiger partial charge in [-0.3, -0.25) is 9.69 Å². The highest BCUT2D eigenvalue weighted by Gasteiger charge is 2.37. The molecule has 1 atom stereocenters. The van der Waals surface area contributed by atoms with E-state index in [0.717, 1.165) is 32.7 Å². The van der Waals surface area contributed by atoms with Gasteiger partial charge in [-0.2, -0.15) is 0 Å². The largest absolute Gasteiger partial charge is 0.387 e. The van der Waals surface area contributed by atoms with Crippen LogP contribution in [0.4, 0.5) is 0 Å². The van der Waals surface area contributed by atoms with Gasteiger partial charge in [-0.15, -0.1) is 5.10 Å². The van der Waals surface area contributed by atoms with Crippen LogP contribution in [0, 0.1) is 0 Å². The first-order chi connectivity index (χ1) is 10.5. The predicted octanol–water partition coefficient (Wildman–Crippen LogP) is -1.51. The topological polar surface area (TPSA) is 77.7 Å². The van der Waals surface area contributed by atoms with E-state index in [-0.39, 0.29) is 5.91 Å². The van der Waals surface area contributed by atoms with Crippen LogP contribution in [0.25, 0.3) is 0 Å². The number of nitrogens with zero attached hydrogens (tertiary/aromatic N) is 6. The number of rotatable bonds is 4. The standard InChI is InChI=1S/C14H24N6O2/c1-17-6-8-19(9-7-17)13(21)10-18-4-2-14(22,11-18)12-20-5-3-15-16-20/h3,5,22H,2,4,6-12H2,1H3. The van der Waals surface area contributed by atoms with Crippen molar-refractivity contribution in [1.82, 2.24) is 29.7 Å². The molecular formula is C14H24N6O2. The maximum Gasteiger partial charge on any atom is 0.236 e. The van der Waals surface area contributed by atoms with Crippen LogP contribution in [0.5, 0.6) is 0 Å². The van der Waals surface area contributed by atoms with Crippen molar-refractivity contribution >= 4 is 5.91 Å². The van der Waals surface area contributed by atoms with E-state index in [1.807, 2.05) is 9.80 Å². The first-order valence-electron chi connectivity index (χ1n) is 7.79. The molecule has 1 aromatic rings. The molecule has 2 aliphatic heterocycles. The van der Waals surface area contributed by atoms with Crippen molar-refractivity contribution in [3.05, 3.63) is 12.4 Å². The van der Waals surface area contributed by atoms with Crippen molar-refractivity contribution in [3.8, 4) is 0 Å². The Labute approximate surface area is 130 Å². The maximum absolute atomic E-state index is 12.3. The zero-order valence-electron chi connectivity index (χ0n) is 13.1. The van der Waals surface area contributed by atoms with Gasteiger partial charge in [-0.1, -0.05) is 5.21 Å². The number of β-amino-alcohol motifs (C(OH)–C–C–N with tert-alkyl or cyclic N) is 1. The molecule has 122 valence electrons. The SMILES string of the molecule is CN1CCN(C(=O)CN2CCC(O)(Cn3ccnn3)C2)CC1. The molecule has 2 saturated heterocycles. The van der Waals surface area contributed by atoms with Crippen molar-refractivity contribution in [2.24, 2.45) is 0 Å². The third-order valence-electron chi connectivity index (χ3n) is 4.55. The van der Waals surface area contributed by atoms with Gasteiger partial charge in [-0.05, 0) is 13.5 Å². The van der Waals surface area contributed by atoms with E-state index in [9.17, 15) is 9.90 Å². The van der Waals surface area contributed by atoms with Crippen molar-refractivity contribution in [1.29, 1.82) is 0 Å². The lowest BCUT2D eigenvalue weighted by Gasteiger charge is -2.33. The van der Waals surface area contributed by atoms with E-state index in [4.69, 9.17) is 0 Å². The van der Waals surface area contributed by atoms with Crippen LogP contribution >= 0.6 is 0 Å². The summed E-state index contributed by atoms with van der Waals surface area (Å²) in [6.07, 6.45) is 4.01. The average Bonchev–Trinajstić information content (AvgIpc) is 3.10. The van der Waals surface area contributed by atoms with Crippen LogP contribution in [-0.4, -0.2) is 99.2 Å². The average molecular weight is 308 g/mol. The van der Waals surface area contributed by atoms with E-state index in [1.165, 1.54) is 0 Å². The first-order valence-corrected chi connectivity index (χ1v) is 7.79. The van der Waals surface area contributed by atoms with Gasteiger partial charge < -0.3 is 14.9 Å². The Bertz CT molecular complexity index is 499. The fraction of sp³-hybridized carbons (Fsp3) is 0.786. The van der Waals surface area contributed by atoms with Gasteiger partial charge in [-0.25, -0.2) is 4.68 Å². The molecule has 1 aromatic heterocycles. The second kappa shape index (κ2) is 6.31. The van der Waals surface area contributed by atoms with Crippen LogP contribution in [0.15, 0.2) is 12.4 Å². The lowest BCUT2D eigenvalue weighted by molar-refractivity contribution is -0.133. The number of hydrogen-bond acceptors (Lipinski definition) is 6. The van der Waals surface area contributed by atoms with Crippen LogP contribution in [0.1, 0.15) is 6.42 Å². The molecule has 8 heteroatoms. The van der Waals surface area contributed by atoms with E-state index in [2.05, 4.69) is 22.3 Å². The number of carbonyl (C=O) groups excluding carboxylic acids is 1. The molecule has 0 bridgehead atoms. The molecule has 1 amide bonds. The van der Waals surface area contributed by atoms with Crippen molar-refractivity contribution in [2.75, 3.05) is 52.9 Å². The smallest absolute Gasteiger partial charge is 0.236 e. The van der Waals surface area contributed by atoms with Gasteiger partial charge in [0.2, 0.25) is 5.91 Å². The van der Waals surface area contributed by atoms with Gasteiger partial charge >= 0.3 is 0 Å². The Kier molecular flexibility index (Phi) is 4.42. The summed E-state index contributed by atoms with van der Waals surface area (Å²) in [6, 6.07) is 0. The molecule has 8 nitrogen and oxygen atoms in total. The highest BCUT2D eigenvalue weighted by Crippen LogP contribution is 2.22. The van der Waals surface area contributed by atoms with Crippen LogP contribution in [0.3, 0.4) is 0 Å². The monoisotopic (exact) mass is 308 g/mol. The van der Waals surface area contributed by atoms with Crippen molar-refractivity contribution in [2.45, 2.75) is 18.6 Å². The molecule has 0 aromatic carbocycles. The van der Waals surface area contributed by atoms with E-state index in [1.54, 1.807) is 17.1 Å². The number of likely N-dealkylation sites (N-methyl/N-ethyl adjacent to an activating group) is 1. The molecule has 2 aliphatic rings. The zero-order chi connectivity index (χ0) is 15.6. The van der Waals surface area contributed by atoms with Crippen LogP contribution in [-0.2, 0) is 11.3 Å². The summed E-state index contributed by atoms with van der Waals surface area (Å²) in [5.41, 5.74) is -0.823. The Balaban J connectivity index is 1.49. The summed E-state index contributed by atoms with van der Waals surface area (Å²) >= 11 is 0. The minimum absolute atomic E-state index is 0.165. The van der Waals surface area contributed by atoms with Gasteiger partial charge in [0, 0.05) is 45.5 Å². The number of aromatic nitrogens is 3. The lowest BCUT2D eigenvalue weighted by Crippen LogP contribution is -2.50. The molecule has 22 heavy (non-hydrogen) atoms. The molecule has 3 rings (SSSR count). The third kappa shape index (κ3) is 3.63. The number of hydrogen-bond donors (Lipinski definition) is 1. The summed E-state index contributed by atoms with van der Waals surface area (Å²) in [5.74, 6) is 0.165. The summed E-state index contributed by atoms with van der Waals surface area (Å²) < 4.78 is 1.64. The lowest BCUT2D eigenvalue weighted by atomic mass is 10.0. The first kappa shape index (κ1) is 15.4. The fourth-order valence-corrected chi connectivity index (χ4v) is 3.17. The summed E-state index contributed by atoms with van der Waals surface area (Å²) in [7, 11) is 2.08. The number of amides is 1. The van der Waals surface area contributed by atoms with Gasteiger partial charge in [0.1, 0.15) is 0 Å². The Hall–Kier alpha value is -1.51. The molecular weight excluding hydrogens is 284 g/mol. The molecule has 2 fully saturated rings. The number of piperazine rings is 1. The summed E-state index contributed by atoms with van der Waals surface area (Å²) in [4.78, 5) is 18.5. The van der Waals surface area contributed by atoms with E-state index >= 15 is 0 Å². The number of likely N-dealkylation sites (tertiary alicyclic amines) is 1. The highest BCUT2D eigenvalue weighted by molar-refractivity contribution is 5.78. The van der Waals surface area contributed by atoms with Gasteiger partial charge in [0.15, 0.2) is 0 Å². The fourth-order valence-electron chi connectivity index (χ4n) is 3.17. The van der Waals surface area contributed by atoms with Crippen molar-refractivity contribution in [3.63, 3.8) is 0 Å². The molecule has 0 saturated carbocycles. The minimum atomic E-state index is -0.823. The molecule has 0 spiro atoms. The Morgan fingerprint density at radius 1 is 1.27 bits per heavy atom. The maximum atomic E-state index is 12.3. The predicted molar refractivity (Wildman–Crippen MR) is 80.1 cm³/mol. The summed E-state index contributed by atoms with van der Waals surface area (Å²) in [6.45, 7) is 5.52. The highest BCUT2D eigenvalue weighted by atomic mass is 16.3. The number of carbonyl (C=O) groups is 1. The molecule has 1 N–H and O–H groups in total. The summed E-state index contributed by atoms with van der Waals surface area (Å²) in [5, 5.41) is 18.3. The zero-order valence-corrected chi connectivity index (χ0v) is 13.1. The Morgan fingerprint density at radius 2 is 2.05 bits per heavy atom. The second-order valence-corrected chi connectivity index (χ2v) is 6.47. The molecule has 0 aliphatic carbocycles. The molecule has 0 radical (unpaired) electrons. The molecule has 3 heterocycles. The molecule has 1 unspecified atom stereocenters. The van der Waals surface area contributed by atoms with E-state index in [0.29, 0.717) is 26.1 Å². The quantitative estimate of drug-likeness (QED) is 0.729. The minimum Gasteiger partial charge on any atom is -0.387 e. The Morgan fingerprint density at radius 3 is 2.73 bits per heavy atom. The van der Waals surface area contributed by atoms with Gasteiger partial charge in [0.05, 0.1) is 24.9 Å². The van der Waals surface area contributed by atoms with Crippen LogP contribution in [0.2, 0.25) is 0 Å². The van der Waals surface area contributed by atoms with Gasteiger partial charge in [0.25, 0.3) is 0 Å². The van der Waals surface area contributed by atoms with Crippen molar-refractivity contribution < 1.29 is 9.90 Å². The third-order valence-corrected chi connectivity index (χ3v) is 4.55.